The minimum absolute atomic E-state index is 0.0697. The summed E-state index contributed by atoms with van der Waals surface area (Å²) in [5, 5.41) is 0. The number of rotatable bonds is 1. The van der Waals surface area contributed by atoms with Crippen molar-refractivity contribution in [2.45, 2.75) is 19.0 Å². The van der Waals surface area contributed by atoms with Crippen LogP contribution in [-0.2, 0) is 4.74 Å². The Labute approximate surface area is 94.3 Å². The van der Waals surface area contributed by atoms with Crippen LogP contribution in [0.2, 0.25) is 0 Å². The van der Waals surface area contributed by atoms with Gasteiger partial charge in [-0.15, -0.1) is 0 Å². The molecule has 2 atom stereocenters. The Morgan fingerprint density at radius 3 is 2.31 bits per heavy atom. The molecule has 2 aliphatic heterocycles. The number of carbonyl (C=O) groups excluding carboxylic acids is 1. The third-order valence-corrected chi connectivity index (χ3v) is 3.19. The van der Waals surface area contributed by atoms with Gasteiger partial charge >= 0.3 is 6.09 Å². The van der Waals surface area contributed by atoms with Crippen molar-refractivity contribution in [3.63, 3.8) is 0 Å². The molecule has 2 unspecified atom stereocenters. The number of carbonyl (C=O) groups is 1. The second kappa shape index (κ2) is 3.37. The van der Waals surface area contributed by atoms with Gasteiger partial charge in [0.1, 0.15) is 0 Å². The van der Waals surface area contributed by atoms with E-state index in [2.05, 4.69) is 24.3 Å². The van der Waals surface area contributed by atoms with E-state index in [0.29, 0.717) is 6.61 Å². The third kappa shape index (κ3) is 1.11. The Morgan fingerprint density at radius 1 is 1.25 bits per heavy atom. The molecule has 82 valence electrons. The summed E-state index contributed by atoms with van der Waals surface area (Å²) >= 11 is 0. The molecule has 1 aromatic carbocycles. The van der Waals surface area contributed by atoms with E-state index in [0.717, 1.165) is 0 Å². The summed E-state index contributed by atoms with van der Waals surface area (Å²) in [5.74, 6) is 0. The number of fused-ring (bicyclic) bond motifs is 5. The quantitative estimate of drug-likeness (QED) is 0.674. The summed E-state index contributed by atoms with van der Waals surface area (Å²) in [7, 11) is 0. The van der Waals surface area contributed by atoms with Crippen molar-refractivity contribution in [2.24, 2.45) is 0 Å². The molecule has 0 saturated carbocycles. The summed E-state index contributed by atoms with van der Waals surface area (Å²) in [6.45, 7) is 2.25. The van der Waals surface area contributed by atoms with Crippen LogP contribution in [0.4, 0.5) is 4.79 Å². The van der Waals surface area contributed by atoms with E-state index in [1.807, 2.05) is 19.1 Å². The first-order valence-corrected chi connectivity index (χ1v) is 5.55. The smallest absolute Gasteiger partial charge is 0.411 e. The second-order valence-electron chi connectivity index (χ2n) is 4.01. The molecule has 0 radical (unpaired) electrons. The van der Waals surface area contributed by atoms with Gasteiger partial charge in [-0.05, 0) is 18.1 Å². The summed E-state index contributed by atoms with van der Waals surface area (Å²) in [6.07, 6.45) is 3.92. The van der Waals surface area contributed by atoms with Gasteiger partial charge in [0.2, 0.25) is 0 Å². The molecule has 3 rings (SSSR count). The van der Waals surface area contributed by atoms with Crippen LogP contribution in [0.5, 0.6) is 0 Å². The minimum Gasteiger partial charge on any atom is -0.450 e. The average molecular weight is 215 g/mol. The maximum Gasteiger partial charge on any atom is 0.411 e. The molecule has 2 aliphatic rings. The van der Waals surface area contributed by atoms with Crippen molar-refractivity contribution in [3.05, 3.63) is 47.5 Å². The van der Waals surface area contributed by atoms with E-state index in [9.17, 15) is 4.79 Å². The lowest BCUT2D eigenvalue weighted by molar-refractivity contribution is 0.0980. The van der Waals surface area contributed by atoms with Crippen molar-refractivity contribution in [1.29, 1.82) is 0 Å². The van der Waals surface area contributed by atoms with Crippen LogP contribution < -0.4 is 0 Å². The first-order chi connectivity index (χ1) is 7.83. The van der Waals surface area contributed by atoms with Crippen LogP contribution in [0.1, 0.15) is 30.1 Å². The fourth-order valence-corrected chi connectivity index (χ4v) is 2.55. The molecule has 3 heteroatoms. The van der Waals surface area contributed by atoms with Crippen LogP contribution in [0.3, 0.4) is 0 Å². The molecule has 16 heavy (non-hydrogen) atoms. The van der Waals surface area contributed by atoms with Crippen molar-refractivity contribution >= 4 is 6.09 Å². The Hall–Kier alpha value is -1.77. The zero-order chi connectivity index (χ0) is 11.1. The van der Waals surface area contributed by atoms with E-state index in [1.54, 1.807) is 4.90 Å². The Morgan fingerprint density at radius 2 is 1.81 bits per heavy atom. The number of hydrogen-bond donors (Lipinski definition) is 0. The lowest BCUT2D eigenvalue weighted by Gasteiger charge is -2.21. The van der Waals surface area contributed by atoms with E-state index in [4.69, 9.17) is 4.74 Å². The van der Waals surface area contributed by atoms with Crippen LogP contribution in [0, 0.1) is 0 Å². The molecule has 1 aromatic rings. The number of benzene rings is 1. The van der Waals surface area contributed by atoms with E-state index < -0.39 is 0 Å². The molecule has 1 amide bonds. The highest BCUT2D eigenvalue weighted by atomic mass is 16.6. The van der Waals surface area contributed by atoms with Gasteiger partial charge in [-0.2, -0.15) is 0 Å². The van der Waals surface area contributed by atoms with Crippen molar-refractivity contribution in [2.75, 3.05) is 6.61 Å². The molecule has 0 aliphatic carbocycles. The first-order valence-electron chi connectivity index (χ1n) is 5.55. The molecule has 0 fully saturated rings. The van der Waals surface area contributed by atoms with Gasteiger partial charge in [0.15, 0.2) is 0 Å². The zero-order valence-electron chi connectivity index (χ0n) is 9.09. The lowest BCUT2D eigenvalue weighted by Crippen LogP contribution is -2.29. The maximum atomic E-state index is 11.8. The highest BCUT2D eigenvalue weighted by Gasteiger charge is 2.43. The van der Waals surface area contributed by atoms with Gasteiger partial charge < -0.3 is 4.74 Å². The summed E-state index contributed by atoms with van der Waals surface area (Å²) in [4.78, 5) is 13.6. The Kier molecular flexibility index (Phi) is 1.99. The largest absolute Gasteiger partial charge is 0.450 e. The zero-order valence-corrected chi connectivity index (χ0v) is 9.09. The van der Waals surface area contributed by atoms with Gasteiger partial charge in [-0.3, -0.25) is 4.90 Å². The Bertz CT molecular complexity index is 434. The summed E-state index contributed by atoms with van der Waals surface area (Å²) in [6, 6.07) is 8.32. The number of amides is 1. The van der Waals surface area contributed by atoms with Gasteiger partial charge in [0, 0.05) is 0 Å². The lowest BCUT2D eigenvalue weighted by atomic mass is 9.97. The molecule has 3 nitrogen and oxygen atoms in total. The molecular formula is C13H13NO2. The summed E-state index contributed by atoms with van der Waals surface area (Å²) < 4.78 is 5.08. The van der Waals surface area contributed by atoms with Crippen LogP contribution in [0.15, 0.2) is 36.4 Å². The molecule has 0 spiro atoms. The predicted molar refractivity (Wildman–Crippen MR) is 59.9 cm³/mol. The third-order valence-electron chi connectivity index (χ3n) is 3.19. The van der Waals surface area contributed by atoms with Crippen LogP contribution in [-0.4, -0.2) is 17.6 Å². The van der Waals surface area contributed by atoms with E-state index >= 15 is 0 Å². The van der Waals surface area contributed by atoms with Crippen molar-refractivity contribution in [1.82, 2.24) is 4.90 Å². The maximum absolute atomic E-state index is 11.8. The number of nitrogens with zero attached hydrogens (tertiary/aromatic N) is 1. The molecule has 0 N–H and O–H groups in total. The predicted octanol–water partition coefficient (Wildman–Crippen LogP) is 2.81. The fraction of sp³-hybridized carbons (Fsp3) is 0.308. The molecule has 0 saturated heterocycles. The van der Waals surface area contributed by atoms with Gasteiger partial charge in [-0.1, -0.05) is 36.4 Å². The standard InChI is InChI=1S/C13H13NO2/c1-2-16-13(15)14-11-7-8-12(14)10-6-4-3-5-9(10)11/h3-8,11-12H,2H2,1H3. The van der Waals surface area contributed by atoms with Crippen LogP contribution >= 0.6 is 0 Å². The topological polar surface area (TPSA) is 29.5 Å². The molecule has 2 heterocycles. The second-order valence-corrected chi connectivity index (χ2v) is 4.01. The van der Waals surface area contributed by atoms with E-state index in [-0.39, 0.29) is 18.2 Å². The van der Waals surface area contributed by atoms with Gasteiger partial charge in [0.05, 0.1) is 18.7 Å². The normalized spacial score (nSPS) is 24.7. The van der Waals surface area contributed by atoms with Crippen LogP contribution in [0.25, 0.3) is 0 Å². The molecule has 2 bridgehead atoms. The molecule has 0 aromatic heterocycles. The number of ether oxygens (including phenoxy) is 1. The summed E-state index contributed by atoms with van der Waals surface area (Å²) in [5.41, 5.74) is 2.45. The average Bonchev–Trinajstić information content (AvgIpc) is 2.86. The van der Waals surface area contributed by atoms with Crippen molar-refractivity contribution in [3.8, 4) is 0 Å². The Balaban J connectivity index is 1.97. The van der Waals surface area contributed by atoms with Gasteiger partial charge in [-0.25, -0.2) is 4.79 Å². The van der Waals surface area contributed by atoms with Crippen molar-refractivity contribution < 1.29 is 9.53 Å². The SMILES string of the molecule is CCOC(=O)N1C2C=CC1c1ccccc12. The minimum atomic E-state index is -0.223. The van der Waals surface area contributed by atoms with Gasteiger partial charge in [0.25, 0.3) is 0 Å². The highest BCUT2D eigenvalue weighted by Crippen LogP contribution is 2.48. The first kappa shape index (κ1) is 9.46. The number of hydrogen-bond acceptors (Lipinski definition) is 2. The molecular weight excluding hydrogens is 202 g/mol. The fourth-order valence-electron chi connectivity index (χ4n) is 2.55. The highest BCUT2D eigenvalue weighted by molar-refractivity contribution is 5.73. The monoisotopic (exact) mass is 215 g/mol. The van der Waals surface area contributed by atoms with E-state index in [1.165, 1.54) is 11.1 Å².